The molecule has 11 heavy (non-hydrogen) atoms. The van der Waals surface area contributed by atoms with E-state index in [1.807, 2.05) is 13.8 Å². The molecule has 0 N–H and O–H groups in total. The number of rotatable bonds is 3. The molecule has 1 fully saturated rings. The SMILES string of the molecule is CC(C)OC1CCN(C=O)C1. The maximum atomic E-state index is 10.3. The van der Waals surface area contributed by atoms with E-state index in [2.05, 4.69) is 0 Å². The van der Waals surface area contributed by atoms with Gasteiger partial charge in [-0.3, -0.25) is 4.79 Å². The van der Waals surface area contributed by atoms with Gasteiger partial charge in [0.1, 0.15) is 0 Å². The Hall–Kier alpha value is -0.570. The molecule has 0 spiro atoms. The molecule has 0 aromatic rings. The van der Waals surface area contributed by atoms with Crippen LogP contribution in [-0.2, 0) is 9.53 Å². The average molecular weight is 157 g/mol. The zero-order valence-electron chi connectivity index (χ0n) is 7.12. The van der Waals surface area contributed by atoms with Crippen LogP contribution in [0.4, 0.5) is 0 Å². The molecule has 1 heterocycles. The van der Waals surface area contributed by atoms with Crippen molar-refractivity contribution in [1.29, 1.82) is 0 Å². The van der Waals surface area contributed by atoms with Crippen LogP contribution in [0.3, 0.4) is 0 Å². The fourth-order valence-corrected chi connectivity index (χ4v) is 1.35. The summed E-state index contributed by atoms with van der Waals surface area (Å²) >= 11 is 0. The number of nitrogens with zero attached hydrogens (tertiary/aromatic N) is 1. The Morgan fingerprint density at radius 3 is 2.82 bits per heavy atom. The lowest BCUT2D eigenvalue weighted by Gasteiger charge is -2.14. The Morgan fingerprint density at radius 2 is 2.36 bits per heavy atom. The first-order valence-corrected chi connectivity index (χ1v) is 4.07. The van der Waals surface area contributed by atoms with Crippen molar-refractivity contribution in [1.82, 2.24) is 4.90 Å². The van der Waals surface area contributed by atoms with Crippen LogP contribution in [-0.4, -0.2) is 36.6 Å². The van der Waals surface area contributed by atoms with Crippen molar-refractivity contribution in [2.24, 2.45) is 0 Å². The molecule has 0 radical (unpaired) electrons. The number of carbonyl (C=O) groups is 1. The Morgan fingerprint density at radius 1 is 1.64 bits per heavy atom. The average Bonchev–Trinajstić information content (AvgIpc) is 2.34. The first-order chi connectivity index (χ1) is 5.22. The maximum absolute atomic E-state index is 10.3. The summed E-state index contributed by atoms with van der Waals surface area (Å²) in [6.45, 7) is 5.65. The number of hydrogen-bond acceptors (Lipinski definition) is 2. The van der Waals surface area contributed by atoms with Crippen molar-refractivity contribution in [3.8, 4) is 0 Å². The molecule has 0 aliphatic carbocycles. The number of likely N-dealkylation sites (tertiary alicyclic amines) is 1. The van der Waals surface area contributed by atoms with Crippen LogP contribution in [0, 0.1) is 0 Å². The Labute approximate surface area is 67.3 Å². The minimum atomic E-state index is 0.264. The fraction of sp³-hybridized carbons (Fsp3) is 0.875. The van der Waals surface area contributed by atoms with E-state index < -0.39 is 0 Å². The molecule has 64 valence electrons. The van der Waals surface area contributed by atoms with Gasteiger partial charge in [-0.05, 0) is 20.3 Å². The Kier molecular flexibility index (Phi) is 2.88. The number of ether oxygens (including phenoxy) is 1. The zero-order chi connectivity index (χ0) is 8.27. The van der Waals surface area contributed by atoms with Gasteiger partial charge in [0.15, 0.2) is 0 Å². The molecule has 1 aliphatic rings. The van der Waals surface area contributed by atoms with Gasteiger partial charge in [0.2, 0.25) is 6.41 Å². The van der Waals surface area contributed by atoms with Gasteiger partial charge < -0.3 is 9.64 Å². The van der Waals surface area contributed by atoms with Gasteiger partial charge in [-0.25, -0.2) is 0 Å². The maximum Gasteiger partial charge on any atom is 0.209 e. The summed E-state index contributed by atoms with van der Waals surface area (Å²) in [5.41, 5.74) is 0. The second-order valence-electron chi connectivity index (χ2n) is 3.20. The summed E-state index contributed by atoms with van der Waals surface area (Å²) in [7, 11) is 0. The highest BCUT2D eigenvalue weighted by Gasteiger charge is 2.22. The van der Waals surface area contributed by atoms with Gasteiger partial charge in [0.05, 0.1) is 12.2 Å². The van der Waals surface area contributed by atoms with E-state index in [9.17, 15) is 4.79 Å². The van der Waals surface area contributed by atoms with Crippen LogP contribution in [0.25, 0.3) is 0 Å². The monoisotopic (exact) mass is 157 g/mol. The van der Waals surface area contributed by atoms with Crippen molar-refractivity contribution in [2.75, 3.05) is 13.1 Å². The normalized spacial score (nSPS) is 24.6. The molecule has 3 heteroatoms. The van der Waals surface area contributed by atoms with Crippen LogP contribution in [0.1, 0.15) is 20.3 Å². The molecular weight excluding hydrogens is 142 g/mol. The predicted octanol–water partition coefficient (Wildman–Crippen LogP) is 0.642. The number of hydrogen-bond donors (Lipinski definition) is 0. The van der Waals surface area contributed by atoms with Crippen LogP contribution in [0.5, 0.6) is 0 Å². The van der Waals surface area contributed by atoms with Gasteiger partial charge >= 0.3 is 0 Å². The fourth-order valence-electron chi connectivity index (χ4n) is 1.35. The molecule has 0 aromatic heterocycles. The standard InChI is InChI=1S/C8H15NO2/c1-7(2)11-8-3-4-9(5-8)6-10/h6-8H,3-5H2,1-2H3. The Balaban J connectivity index is 2.24. The van der Waals surface area contributed by atoms with E-state index in [1.165, 1.54) is 0 Å². The van der Waals surface area contributed by atoms with Gasteiger partial charge in [-0.1, -0.05) is 0 Å². The van der Waals surface area contributed by atoms with E-state index in [-0.39, 0.29) is 12.2 Å². The van der Waals surface area contributed by atoms with Gasteiger partial charge in [-0.2, -0.15) is 0 Å². The summed E-state index contributed by atoms with van der Waals surface area (Å²) in [4.78, 5) is 12.1. The lowest BCUT2D eigenvalue weighted by Crippen LogP contribution is -2.23. The van der Waals surface area contributed by atoms with Gasteiger partial charge in [-0.15, -0.1) is 0 Å². The van der Waals surface area contributed by atoms with Crippen LogP contribution in [0.2, 0.25) is 0 Å². The second kappa shape index (κ2) is 3.72. The molecule has 1 saturated heterocycles. The number of amides is 1. The van der Waals surface area contributed by atoms with E-state index in [4.69, 9.17) is 4.74 Å². The van der Waals surface area contributed by atoms with Gasteiger partial charge in [0, 0.05) is 13.1 Å². The molecule has 0 bridgehead atoms. The smallest absolute Gasteiger partial charge is 0.209 e. The molecule has 3 nitrogen and oxygen atoms in total. The topological polar surface area (TPSA) is 29.5 Å². The molecule has 1 aliphatic heterocycles. The minimum Gasteiger partial charge on any atom is -0.374 e. The third-order valence-corrected chi connectivity index (χ3v) is 1.79. The predicted molar refractivity (Wildman–Crippen MR) is 42.3 cm³/mol. The third-order valence-electron chi connectivity index (χ3n) is 1.79. The van der Waals surface area contributed by atoms with Crippen LogP contribution >= 0.6 is 0 Å². The highest BCUT2D eigenvalue weighted by atomic mass is 16.5. The largest absolute Gasteiger partial charge is 0.374 e. The summed E-state index contributed by atoms with van der Waals surface area (Å²) in [5.74, 6) is 0. The quantitative estimate of drug-likeness (QED) is 0.563. The van der Waals surface area contributed by atoms with E-state index in [1.54, 1.807) is 4.90 Å². The summed E-state index contributed by atoms with van der Waals surface area (Å²) < 4.78 is 5.54. The lowest BCUT2D eigenvalue weighted by atomic mass is 10.3. The highest BCUT2D eigenvalue weighted by Crippen LogP contribution is 2.12. The molecule has 1 amide bonds. The van der Waals surface area contributed by atoms with Crippen molar-refractivity contribution in [3.05, 3.63) is 0 Å². The molecule has 0 aromatic carbocycles. The van der Waals surface area contributed by atoms with Crippen molar-refractivity contribution in [2.45, 2.75) is 32.5 Å². The summed E-state index contributed by atoms with van der Waals surface area (Å²) in [6, 6.07) is 0. The third kappa shape index (κ3) is 2.50. The molecule has 0 saturated carbocycles. The second-order valence-corrected chi connectivity index (χ2v) is 3.20. The first-order valence-electron chi connectivity index (χ1n) is 4.07. The molecular formula is C8H15NO2. The summed E-state index contributed by atoms with van der Waals surface area (Å²) in [6.07, 6.45) is 2.41. The lowest BCUT2D eigenvalue weighted by molar-refractivity contribution is -0.117. The van der Waals surface area contributed by atoms with Crippen molar-refractivity contribution >= 4 is 6.41 Å². The molecule has 1 unspecified atom stereocenters. The Bertz CT molecular complexity index is 136. The minimum absolute atomic E-state index is 0.264. The van der Waals surface area contributed by atoms with Crippen LogP contribution in [0.15, 0.2) is 0 Å². The summed E-state index contributed by atoms with van der Waals surface area (Å²) in [5, 5.41) is 0. The first kappa shape index (κ1) is 8.53. The van der Waals surface area contributed by atoms with Gasteiger partial charge in [0.25, 0.3) is 0 Å². The van der Waals surface area contributed by atoms with E-state index >= 15 is 0 Å². The number of carbonyl (C=O) groups excluding carboxylic acids is 1. The molecule has 1 rings (SSSR count). The molecule has 1 atom stereocenters. The zero-order valence-corrected chi connectivity index (χ0v) is 7.12. The van der Waals surface area contributed by atoms with Crippen LogP contribution < -0.4 is 0 Å². The van der Waals surface area contributed by atoms with Crippen molar-refractivity contribution < 1.29 is 9.53 Å². The van der Waals surface area contributed by atoms with Crippen molar-refractivity contribution in [3.63, 3.8) is 0 Å². The van der Waals surface area contributed by atoms with E-state index in [0.29, 0.717) is 0 Å². The van der Waals surface area contributed by atoms with E-state index in [0.717, 1.165) is 25.9 Å². The highest BCUT2D eigenvalue weighted by molar-refractivity contribution is 5.47.